The lowest BCUT2D eigenvalue weighted by molar-refractivity contribution is -0.122. The fourth-order valence-electron chi connectivity index (χ4n) is 3.87. The minimum atomic E-state index is -0.750. The molecule has 1 aromatic heterocycles. The first-order valence-electron chi connectivity index (χ1n) is 10.3. The van der Waals surface area contributed by atoms with E-state index in [1.165, 1.54) is 0 Å². The molecule has 1 aliphatic rings. The van der Waals surface area contributed by atoms with Crippen molar-refractivity contribution in [2.24, 2.45) is 0 Å². The lowest BCUT2D eigenvalue weighted by Gasteiger charge is -2.26. The van der Waals surface area contributed by atoms with E-state index in [2.05, 4.69) is 21.2 Å². The molecule has 0 atom stereocenters. The van der Waals surface area contributed by atoms with E-state index in [4.69, 9.17) is 0 Å². The number of amides is 4. The van der Waals surface area contributed by atoms with Crippen LogP contribution in [0.2, 0.25) is 0 Å². The number of urea groups is 1. The molecule has 0 aliphatic carbocycles. The third-order valence-corrected chi connectivity index (χ3v) is 6.24. The molecule has 162 valence electrons. The maximum atomic E-state index is 13.2. The number of anilines is 1. The summed E-state index contributed by atoms with van der Waals surface area (Å²) in [5.74, 6) is -1.35. The summed E-state index contributed by atoms with van der Waals surface area (Å²) in [7, 11) is 0. The average Bonchev–Trinajstić information content (AvgIpc) is 3.04. The van der Waals surface area contributed by atoms with E-state index < -0.39 is 17.8 Å². The molecule has 7 heteroatoms. The predicted octanol–water partition coefficient (Wildman–Crippen LogP) is 5.09. The molecule has 32 heavy (non-hydrogen) atoms. The van der Waals surface area contributed by atoms with Crippen LogP contribution in [0.1, 0.15) is 29.4 Å². The highest BCUT2D eigenvalue weighted by Gasteiger charge is 2.37. The molecule has 1 aliphatic heterocycles. The summed E-state index contributed by atoms with van der Waals surface area (Å²) in [6, 6.07) is 16.1. The largest absolute Gasteiger partial charge is 0.335 e. The Morgan fingerprint density at radius 3 is 2.34 bits per heavy atom. The number of para-hydroxylation sites is 1. The smallest absolute Gasteiger partial charge is 0.317 e. The monoisotopic (exact) mass is 491 g/mol. The van der Waals surface area contributed by atoms with Gasteiger partial charge in [0.15, 0.2) is 0 Å². The molecule has 0 spiro atoms. The number of benzene rings is 2. The van der Waals surface area contributed by atoms with Crippen LogP contribution in [0.15, 0.2) is 64.6 Å². The molecule has 0 saturated carbocycles. The molecule has 4 amide bonds. The highest BCUT2D eigenvalue weighted by atomic mass is 79.9. The van der Waals surface area contributed by atoms with Crippen molar-refractivity contribution in [1.82, 2.24) is 9.88 Å². The number of aryl methyl sites for hydroxylation is 2. The van der Waals surface area contributed by atoms with Crippen molar-refractivity contribution in [1.29, 1.82) is 0 Å². The SMILES string of the molecule is CCc1ccc(N2C(=O)NC(=O)/C(=C/c3cc(C)n(-c4ccccc4Br)c3C)C2=O)cc1. The fraction of sp³-hybridized carbons (Fsp3) is 0.160. The summed E-state index contributed by atoms with van der Waals surface area (Å²) in [5.41, 5.74) is 4.93. The van der Waals surface area contributed by atoms with Crippen molar-refractivity contribution >= 4 is 45.5 Å². The molecule has 4 rings (SSSR count). The number of aromatic nitrogens is 1. The Bertz CT molecular complexity index is 1270. The first-order chi connectivity index (χ1) is 15.3. The zero-order chi connectivity index (χ0) is 23.0. The van der Waals surface area contributed by atoms with E-state index in [9.17, 15) is 14.4 Å². The molecule has 1 N–H and O–H groups in total. The molecule has 6 nitrogen and oxygen atoms in total. The van der Waals surface area contributed by atoms with Gasteiger partial charge in [-0.15, -0.1) is 0 Å². The molecule has 1 saturated heterocycles. The van der Waals surface area contributed by atoms with Crippen LogP contribution >= 0.6 is 15.9 Å². The van der Waals surface area contributed by atoms with Crippen LogP contribution in [-0.2, 0) is 16.0 Å². The Hall–Kier alpha value is -3.45. The summed E-state index contributed by atoms with van der Waals surface area (Å²) in [6.07, 6.45) is 2.39. The van der Waals surface area contributed by atoms with Gasteiger partial charge in [-0.05, 0) is 83.7 Å². The summed E-state index contributed by atoms with van der Waals surface area (Å²) in [5, 5.41) is 2.28. The van der Waals surface area contributed by atoms with Crippen molar-refractivity contribution in [2.75, 3.05) is 4.90 Å². The molecule has 0 unspecified atom stereocenters. The third kappa shape index (κ3) is 3.80. The summed E-state index contributed by atoms with van der Waals surface area (Å²) in [4.78, 5) is 39.2. The second-order valence-corrected chi connectivity index (χ2v) is 8.45. The maximum Gasteiger partial charge on any atom is 0.335 e. The first-order valence-corrected chi connectivity index (χ1v) is 11.1. The number of nitrogens with one attached hydrogen (secondary N) is 1. The molecular weight excluding hydrogens is 470 g/mol. The van der Waals surface area contributed by atoms with Crippen molar-refractivity contribution < 1.29 is 14.4 Å². The molecule has 0 radical (unpaired) electrons. The Labute approximate surface area is 194 Å². The van der Waals surface area contributed by atoms with Crippen LogP contribution in [0.3, 0.4) is 0 Å². The van der Waals surface area contributed by atoms with Gasteiger partial charge < -0.3 is 4.57 Å². The summed E-state index contributed by atoms with van der Waals surface area (Å²) in [6.45, 7) is 5.91. The van der Waals surface area contributed by atoms with Crippen LogP contribution in [0.25, 0.3) is 11.8 Å². The lowest BCUT2D eigenvalue weighted by atomic mass is 10.1. The summed E-state index contributed by atoms with van der Waals surface area (Å²) >= 11 is 3.58. The normalized spacial score (nSPS) is 15.4. The van der Waals surface area contributed by atoms with Gasteiger partial charge in [-0.25, -0.2) is 9.69 Å². The van der Waals surface area contributed by atoms with Gasteiger partial charge >= 0.3 is 6.03 Å². The Morgan fingerprint density at radius 1 is 1.00 bits per heavy atom. The Kier molecular flexibility index (Phi) is 5.84. The van der Waals surface area contributed by atoms with Crippen LogP contribution in [0.5, 0.6) is 0 Å². The number of imide groups is 2. The minimum Gasteiger partial charge on any atom is -0.317 e. The number of rotatable bonds is 4. The highest BCUT2D eigenvalue weighted by molar-refractivity contribution is 9.10. The second-order valence-electron chi connectivity index (χ2n) is 7.59. The van der Waals surface area contributed by atoms with Crippen LogP contribution < -0.4 is 10.2 Å². The lowest BCUT2D eigenvalue weighted by Crippen LogP contribution is -2.54. The van der Waals surface area contributed by atoms with Crippen LogP contribution in [0.4, 0.5) is 10.5 Å². The Morgan fingerprint density at radius 2 is 1.69 bits per heavy atom. The number of hydrogen-bond donors (Lipinski definition) is 1. The van der Waals surface area contributed by atoms with Gasteiger partial charge in [0.2, 0.25) is 0 Å². The van der Waals surface area contributed by atoms with Crippen LogP contribution in [-0.4, -0.2) is 22.4 Å². The van der Waals surface area contributed by atoms with E-state index in [0.29, 0.717) is 5.69 Å². The standard InChI is InChI=1S/C25H22BrN3O3/c1-4-17-9-11-19(12-10-17)29-24(31)20(23(30)27-25(29)32)14-18-13-15(2)28(16(18)3)22-8-6-5-7-21(22)26/h5-14H,4H2,1-3H3,(H,27,30,32)/b20-14-. The van der Waals surface area contributed by atoms with Crippen molar-refractivity contribution in [3.05, 3.63) is 87.2 Å². The zero-order valence-corrected chi connectivity index (χ0v) is 19.6. The quantitative estimate of drug-likeness (QED) is 0.408. The number of nitrogens with zero attached hydrogens (tertiary/aromatic N) is 2. The van der Waals surface area contributed by atoms with E-state index in [-0.39, 0.29) is 5.57 Å². The molecule has 2 aromatic carbocycles. The number of hydrogen-bond acceptors (Lipinski definition) is 3. The van der Waals surface area contributed by atoms with E-state index in [1.807, 2.05) is 67.8 Å². The van der Waals surface area contributed by atoms with Gasteiger partial charge in [0.1, 0.15) is 5.57 Å². The topological polar surface area (TPSA) is 71.4 Å². The minimum absolute atomic E-state index is 0.0865. The van der Waals surface area contributed by atoms with Gasteiger partial charge in [0, 0.05) is 15.9 Å². The number of barbiturate groups is 1. The van der Waals surface area contributed by atoms with Crippen LogP contribution in [0, 0.1) is 13.8 Å². The van der Waals surface area contributed by atoms with E-state index in [0.717, 1.165) is 44.0 Å². The van der Waals surface area contributed by atoms with Gasteiger partial charge in [-0.3, -0.25) is 14.9 Å². The van der Waals surface area contributed by atoms with Crippen molar-refractivity contribution in [3.8, 4) is 5.69 Å². The maximum absolute atomic E-state index is 13.2. The molecule has 2 heterocycles. The number of carbonyl (C=O) groups excluding carboxylic acids is 3. The molecule has 3 aromatic rings. The van der Waals surface area contributed by atoms with Crippen molar-refractivity contribution in [3.63, 3.8) is 0 Å². The molecule has 1 fully saturated rings. The Balaban J connectivity index is 1.75. The second kappa shape index (κ2) is 8.59. The highest BCUT2D eigenvalue weighted by Crippen LogP contribution is 2.29. The molecular formula is C25H22BrN3O3. The van der Waals surface area contributed by atoms with Gasteiger partial charge in [-0.2, -0.15) is 0 Å². The van der Waals surface area contributed by atoms with Gasteiger partial charge in [0.05, 0.1) is 11.4 Å². The fourth-order valence-corrected chi connectivity index (χ4v) is 4.33. The van der Waals surface area contributed by atoms with Crippen molar-refractivity contribution in [2.45, 2.75) is 27.2 Å². The third-order valence-electron chi connectivity index (χ3n) is 5.57. The van der Waals surface area contributed by atoms with E-state index in [1.54, 1.807) is 18.2 Å². The zero-order valence-electron chi connectivity index (χ0n) is 18.0. The summed E-state index contributed by atoms with van der Waals surface area (Å²) < 4.78 is 2.98. The van der Waals surface area contributed by atoms with Gasteiger partial charge in [-0.1, -0.05) is 31.2 Å². The number of carbonyl (C=O) groups is 3. The molecule has 0 bridgehead atoms. The predicted molar refractivity (Wildman–Crippen MR) is 128 cm³/mol. The number of halogens is 1. The first kappa shape index (κ1) is 21.8. The van der Waals surface area contributed by atoms with Gasteiger partial charge in [0.25, 0.3) is 11.8 Å². The average molecular weight is 492 g/mol. The van der Waals surface area contributed by atoms with E-state index >= 15 is 0 Å².